The van der Waals surface area contributed by atoms with Crippen LogP contribution in [0.2, 0.25) is 0 Å². The van der Waals surface area contributed by atoms with Crippen LogP contribution in [-0.4, -0.2) is 32.3 Å². The molecular weight excluding hydrogens is 518 g/mol. The summed E-state index contributed by atoms with van der Waals surface area (Å²) in [4.78, 5) is 15.6. The van der Waals surface area contributed by atoms with Crippen LogP contribution in [0, 0.1) is 0 Å². The van der Waals surface area contributed by atoms with Gasteiger partial charge in [0.25, 0.3) is 15.9 Å². The van der Waals surface area contributed by atoms with Gasteiger partial charge in [0, 0.05) is 18.7 Å². The highest BCUT2D eigenvalue weighted by Crippen LogP contribution is 2.26. The molecule has 0 unspecified atom stereocenters. The third-order valence-corrected chi connectivity index (χ3v) is 9.01. The number of amides is 1. The summed E-state index contributed by atoms with van der Waals surface area (Å²) in [6.07, 6.45) is 3.85. The van der Waals surface area contributed by atoms with Crippen molar-refractivity contribution < 1.29 is 13.2 Å². The maximum atomic E-state index is 13.5. The van der Waals surface area contributed by atoms with E-state index in [-0.39, 0.29) is 17.3 Å². The molecule has 7 heteroatoms. The number of nitrogens with zero attached hydrogens (tertiary/aromatic N) is 2. The summed E-state index contributed by atoms with van der Waals surface area (Å²) in [6.45, 7) is 3.85. The Morgan fingerprint density at radius 3 is 2.08 bits per heavy atom. The van der Waals surface area contributed by atoms with E-state index in [2.05, 4.69) is 28.4 Å². The Labute approximate surface area is 237 Å². The van der Waals surface area contributed by atoms with Crippen molar-refractivity contribution in [1.82, 2.24) is 10.2 Å². The minimum Gasteiger partial charge on any atom is -0.348 e. The molecule has 5 rings (SSSR count). The standard InChI is InChI=1S/C33H35N3O3S/c37-33(34-24-28-11-10-12-29(23-28)25-35-21-8-3-9-22-35)30-19-17-27(18-20-30)26-36(31-13-4-1-5-14-31)40(38,39)32-15-6-2-7-16-32/h1-2,4-7,10-20,23H,3,8-9,21-22,24-26H2,(H,34,37). The first kappa shape index (κ1) is 27.6. The van der Waals surface area contributed by atoms with Gasteiger partial charge in [0.15, 0.2) is 0 Å². The van der Waals surface area contributed by atoms with Gasteiger partial charge in [-0.3, -0.25) is 14.0 Å². The topological polar surface area (TPSA) is 69.7 Å². The first-order valence-electron chi connectivity index (χ1n) is 13.8. The Hall–Kier alpha value is -3.94. The zero-order valence-electron chi connectivity index (χ0n) is 22.6. The second-order valence-electron chi connectivity index (χ2n) is 10.2. The van der Waals surface area contributed by atoms with E-state index in [9.17, 15) is 13.2 Å². The molecule has 0 saturated carbocycles. The number of piperidine rings is 1. The molecule has 0 atom stereocenters. The van der Waals surface area contributed by atoms with Crippen LogP contribution in [-0.2, 0) is 29.7 Å². The fourth-order valence-corrected chi connectivity index (χ4v) is 6.53. The molecule has 0 aromatic heterocycles. The van der Waals surface area contributed by atoms with Crippen molar-refractivity contribution in [2.45, 2.75) is 43.8 Å². The minimum absolute atomic E-state index is 0.146. The van der Waals surface area contributed by atoms with Gasteiger partial charge in [-0.15, -0.1) is 0 Å². The zero-order chi connectivity index (χ0) is 27.8. The average Bonchev–Trinajstić information content (AvgIpc) is 3.00. The number of likely N-dealkylation sites (tertiary alicyclic amines) is 1. The molecule has 1 aliphatic heterocycles. The van der Waals surface area contributed by atoms with Crippen LogP contribution in [0.4, 0.5) is 5.69 Å². The summed E-state index contributed by atoms with van der Waals surface area (Å²) in [7, 11) is -3.78. The van der Waals surface area contributed by atoms with Gasteiger partial charge in [-0.2, -0.15) is 0 Å². The van der Waals surface area contributed by atoms with Gasteiger partial charge < -0.3 is 5.32 Å². The summed E-state index contributed by atoms with van der Waals surface area (Å²) in [5.41, 5.74) is 4.24. The first-order chi connectivity index (χ1) is 19.5. The Balaban J connectivity index is 1.24. The van der Waals surface area contributed by atoms with Crippen molar-refractivity contribution in [2.24, 2.45) is 0 Å². The summed E-state index contributed by atoms with van der Waals surface area (Å²) < 4.78 is 28.5. The predicted molar refractivity (Wildman–Crippen MR) is 159 cm³/mol. The van der Waals surface area contributed by atoms with Crippen LogP contribution in [0.1, 0.15) is 46.3 Å². The van der Waals surface area contributed by atoms with Crippen LogP contribution < -0.4 is 9.62 Å². The number of carbonyl (C=O) groups is 1. The number of rotatable bonds is 10. The van der Waals surface area contributed by atoms with E-state index in [1.54, 1.807) is 54.6 Å². The van der Waals surface area contributed by atoms with Gasteiger partial charge in [-0.25, -0.2) is 8.42 Å². The van der Waals surface area contributed by atoms with Crippen molar-refractivity contribution in [3.05, 3.63) is 131 Å². The lowest BCUT2D eigenvalue weighted by molar-refractivity contribution is 0.0951. The molecule has 40 heavy (non-hydrogen) atoms. The van der Waals surface area contributed by atoms with Crippen LogP contribution >= 0.6 is 0 Å². The van der Waals surface area contributed by atoms with Gasteiger partial charge >= 0.3 is 0 Å². The van der Waals surface area contributed by atoms with Gasteiger partial charge in [0.2, 0.25) is 0 Å². The molecule has 6 nitrogen and oxygen atoms in total. The fraction of sp³-hybridized carbons (Fsp3) is 0.242. The maximum Gasteiger partial charge on any atom is 0.264 e. The number of hydrogen-bond acceptors (Lipinski definition) is 4. The van der Waals surface area contributed by atoms with Crippen LogP contribution in [0.5, 0.6) is 0 Å². The molecule has 0 spiro atoms. The highest BCUT2D eigenvalue weighted by molar-refractivity contribution is 7.92. The predicted octanol–water partition coefficient (Wildman–Crippen LogP) is 6.00. The van der Waals surface area contributed by atoms with Crippen molar-refractivity contribution >= 4 is 21.6 Å². The van der Waals surface area contributed by atoms with E-state index in [1.165, 1.54) is 29.1 Å². The highest BCUT2D eigenvalue weighted by atomic mass is 32.2. The molecule has 0 bridgehead atoms. The lowest BCUT2D eigenvalue weighted by Gasteiger charge is -2.26. The van der Waals surface area contributed by atoms with Crippen molar-refractivity contribution in [3.63, 3.8) is 0 Å². The van der Waals surface area contributed by atoms with Crippen molar-refractivity contribution in [2.75, 3.05) is 17.4 Å². The Bertz CT molecular complexity index is 1500. The van der Waals surface area contributed by atoms with E-state index in [0.717, 1.165) is 30.8 Å². The fourth-order valence-electron chi connectivity index (χ4n) is 5.05. The van der Waals surface area contributed by atoms with E-state index < -0.39 is 10.0 Å². The second kappa shape index (κ2) is 12.9. The zero-order valence-corrected chi connectivity index (χ0v) is 23.4. The highest BCUT2D eigenvalue weighted by Gasteiger charge is 2.25. The van der Waals surface area contributed by atoms with Gasteiger partial charge in [-0.05, 0) is 79.0 Å². The molecule has 1 amide bonds. The van der Waals surface area contributed by atoms with Gasteiger partial charge in [-0.1, -0.05) is 79.2 Å². The number of hydrogen-bond donors (Lipinski definition) is 1. The maximum absolute atomic E-state index is 13.5. The monoisotopic (exact) mass is 553 g/mol. The van der Waals surface area contributed by atoms with Gasteiger partial charge in [0.05, 0.1) is 17.1 Å². The number of anilines is 1. The smallest absolute Gasteiger partial charge is 0.264 e. The molecule has 1 saturated heterocycles. The Morgan fingerprint density at radius 2 is 1.38 bits per heavy atom. The third-order valence-electron chi connectivity index (χ3n) is 7.22. The van der Waals surface area contributed by atoms with Crippen LogP contribution in [0.15, 0.2) is 114 Å². The lowest BCUT2D eigenvalue weighted by atomic mass is 10.1. The van der Waals surface area contributed by atoms with Gasteiger partial charge in [0.1, 0.15) is 0 Å². The summed E-state index contributed by atoms with van der Waals surface area (Å²) >= 11 is 0. The average molecular weight is 554 g/mol. The molecular formula is C33H35N3O3S. The minimum atomic E-state index is -3.78. The molecule has 0 aliphatic carbocycles. The number of para-hydroxylation sites is 1. The van der Waals surface area contributed by atoms with Crippen LogP contribution in [0.25, 0.3) is 0 Å². The molecule has 206 valence electrons. The van der Waals surface area contributed by atoms with E-state index in [1.807, 2.05) is 36.4 Å². The molecule has 4 aromatic carbocycles. The molecule has 1 N–H and O–H groups in total. The number of benzene rings is 4. The summed E-state index contributed by atoms with van der Waals surface area (Å²) in [5, 5.41) is 3.02. The van der Waals surface area contributed by atoms with Crippen LogP contribution in [0.3, 0.4) is 0 Å². The first-order valence-corrected chi connectivity index (χ1v) is 15.2. The van der Waals surface area contributed by atoms with Crippen molar-refractivity contribution in [3.8, 4) is 0 Å². The molecule has 1 fully saturated rings. The summed E-state index contributed by atoms with van der Waals surface area (Å²) in [6, 6.07) is 33.0. The number of sulfonamides is 1. The summed E-state index contributed by atoms with van der Waals surface area (Å²) in [5.74, 6) is -0.162. The lowest BCUT2D eigenvalue weighted by Crippen LogP contribution is -2.30. The number of nitrogens with one attached hydrogen (secondary N) is 1. The number of carbonyl (C=O) groups excluding carboxylic acids is 1. The SMILES string of the molecule is O=C(NCc1cccc(CN2CCCCC2)c1)c1ccc(CN(c2ccccc2)S(=O)(=O)c2ccccc2)cc1. The molecule has 4 aromatic rings. The van der Waals surface area contributed by atoms with E-state index in [0.29, 0.717) is 17.8 Å². The second-order valence-corrected chi connectivity index (χ2v) is 12.1. The largest absolute Gasteiger partial charge is 0.348 e. The Kier molecular flexibility index (Phi) is 8.94. The Morgan fingerprint density at radius 1 is 0.725 bits per heavy atom. The third kappa shape index (κ3) is 6.97. The van der Waals surface area contributed by atoms with E-state index in [4.69, 9.17) is 0 Å². The quantitative estimate of drug-likeness (QED) is 0.262. The molecule has 0 radical (unpaired) electrons. The molecule has 1 aliphatic rings. The molecule has 1 heterocycles. The van der Waals surface area contributed by atoms with Crippen molar-refractivity contribution in [1.29, 1.82) is 0 Å². The normalized spacial score (nSPS) is 14.0. The van der Waals surface area contributed by atoms with E-state index >= 15 is 0 Å².